The molecule has 7 heteroatoms. The molecule has 1 saturated heterocycles. The number of methoxy groups -OCH3 is 1. The summed E-state index contributed by atoms with van der Waals surface area (Å²) in [4.78, 5) is 26.5. The maximum atomic E-state index is 12.5. The summed E-state index contributed by atoms with van der Waals surface area (Å²) in [6.07, 6.45) is 1.97. The molecular formula is C20H25N3O4. The quantitative estimate of drug-likeness (QED) is 0.842. The average molecular weight is 371 g/mol. The molecule has 1 aliphatic rings. The van der Waals surface area contributed by atoms with Gasteiger partial charge in [0.25, 0.3) is 0 Å². The number of rotatable bonds is 6. The molecule has 7 nitrogen and oxygen atoms in total. The van der Waals surface area contributed by atoms with E-state index in [9.17, 15) is 9.59 Å². The predicted molar refractivity (Wildman–Crippen MR) is 99.1 cm³/mol. The lowest BCUT2D eigenvalue weighted by molar-refractivity contribution is -0.131. The highest BCUT2D eigenvalue weighted by molar-refractivity contribution is 5.79. The number of ether oxygens (including phenoxy) is 1. The van der Waals surface area contributed by atoms with Gasteiger partial charge in [-0.25, -0.2) is 0 Å². The van der Waals surface area contributed by atoms with Gasteiger partial charge in [0.2, 0.25) is 11.8 Å². The van der Waals surface area contributed by atoms with Gasteiger partial charge in [-0.05, 0) is 37.5 Å². The number of nitrogens with zero attached hydrogens (tertiary/aromatic N) is 2. The zero-order valence-corrected chi connectivity index (χ0v) is 15.7. The number of benzene rings is 1. The summed E-state index contributed by atoms with van der Waals surface area (Å²) < 4.78 is 10.3. The second-order valence-corrected chi connectivity index (χ2v) is 6.87. The van der Waals surface area contributed by atoms with E-state index in [-0.39, 0.29) is 24.3 Å². The lowest BCUT2D eigenvalue weighted by atomic mass is 10.1. The highest BCUT2D eigenvalue weighted by Gasteiger charge is 2.24. The van der Waals surface area contributed by atoms with Crippen molar-refractivity contribution >= 4 is 11.8 Å². The summed E-state index contributed by atoms with van der Waals surface area (Å²) in [5.74, 6) is 1.34. The van der Waals surface area contributed by atoms with Crippen molar-refractivity contribution in [2.45, 2.75) is 45.2 Å². The summed E-state index contributed by atoms with van der Waals surface area (Å²) in [7, 11) is 1.63. The van der Waals surface area contributed by atoms with Crippen molar-refractivity contribution < 1.29 is 18.8 Å². The van der Waals surface area contributed by atoms with Crippen molar-refractivity contribution in [1.29, 1.82) is 0 Å². The number of hydrogen-bond donors (Lipinski definition) is 1. The van der Waals surface area contributed by atoms with E-state index in [1.807, 2.05) is 36.1 Å². The van der Waals surface area contributed by atoms with Crippen LogP contribution in [0, 0.1) is 6.92 Å². The molecule has 0 spiro atoms. The number of nitrogens with one attached hydrogen (secondary N) is 1. The van der Waals surface area contributed by atoms with Crippen molar-refractivity contribution in [3.63, 3.8) is 0 Å². The standard InChI is InChI=1S/C20H25N3O4/c1-14-10-18(27-22-14)12-19(24)21-16-6-7-20(25)23(9-8-16)13-15-4-3-5-17(11-15)26-2/h3-5,10-11,16H,6-9,12-13H2,1-2H3,(H,21,24). The molecule has 1 aliphatic heterocycles. The summed E-state index contributed by atoms with van der Waals surface area (Å²) >= 11 is 0. The maximum Gasteiger partial charge on any atom is 0.227 e. The average Bonchev–Trinajstić information content (AvgIpc) is 2.98. The highest BCUT2D eigenvalue weighted by atomic mass is 16.5. The molecule has 2 heterocycles. The van der Waals surface area contributed by atoms with Gasteiger partial charge in [-0.15, -0.1) is 0 Å². The Morgan fingerprint density at radius 1 is 1.37 bits per heavy atom. The molecular weight excluding hydrogens is 346 g/mol. The van der Waals surface area contributed by atoms with Crippen molar-refractivity contribution in [2.24, 2.45) is 0 Å². The second-order valence-electron chi connectivity index (χ2n) is 6.87. The third-order valence-electron chi connectivity index (χ3n) is 4.69. The number of carbonyl (C=O) groups is 2. The van der Waals surface area contributed by atoms with E-state index in [4.69, 9.17) is 9.26 Å². The minimum atomic E-state index is -0.107. The number of carbonyl (C=O) groups excluding carboxylic acids is 2. The predicted octanol–water partition coefficient (Wildman–Crippen LogP) is 2.23. The highest BCUT2D eigenvalue weighted by Crippen LogP contribution is 2.18. The molecule has 0 bridgehead atoms. The Morgan fingerprint density at radius 3 is 2.96 bits per heavy atom. The Morgan fingerprint density at radius 2 is 2.22 bits per heavy atom. The largest absolute Gasteiger partial charge is 0.497 e. The Balaban J connectivity index is 1.53. The lowest BCUT2D eigenvalue weighted by Gasteiger charge is -2.21. The fourth-order valence-electron chi connectivity index (χ4n) is 3.28. The Labute approximate surface area is 158 Å². The zero-order valence-electron chi connectivity index (χ0n) is 15.7. The molecule has 1 unspecified atom stereocenters. The monoisotopic (exact) mass is 371 g/mol. The molecule has 2 amide bonds. The van der Waals surface area contributed by atoms with Gasteiger partial charge in [0, 0.05) is 31.6 Å². The Kier molecular flexibility index (Phi) is 6.11. The van der Waals surface area contributed by atoms with Gasteiger partial charge >= 0.3 is 0 Å². The van der Waals surface area contributed by atoms with E-state index >= 15 is 0 Å². The summed E-state index contributed by atoms with van der Waals surface area (Å²) in [6.45, 7) is 2.98. The molecule has 1 fully saturated rings. The third-order valence-corrected chi connectivity index (χ3v) is 4.69. The normalized spacial score (nSPS) is 17.5. The van der Waals surface area contributed by atoms with E-state index in [0.717, 1.165) is 23.4 Å². The molecule has 1 N–H and O–H groups in total. The molecule has 2 aromatic rings. The van der Waals surface area contributed by atoms with Crippen LogP contribution in [0.1, 0.15) is 36.3 Å². The zero-order chi connectivity index (χ0) is 19.2. The van der Waals surface area contributed by atoms with Crippen LogP contribution < -0.4 is 10.1 Å². The van der Waals surface area contributed by atoms with Crippen LogP contribution in [-0.2, 0) is 22.6 Å². The smallest absolute Gasteiger partial charge is 0.227 e. The Hall–Kier alpha value is -2.83. The Bertz CT molecular complexity index is 802. The van der Waals surface area contributed by atoms with Crippen LogP contribution >= 0.6 is 0 Å². The molecule has 1 aromatic heterocycles. The second kappa shape index (κ2) is 8.70. The van der Waals surface area contributed by atoms with Crippen molar-refractivity contribution in [2.75, 3.05) is 13.7 Å². The van der Waals surface area contributed by atoms with Crippen LogP contribution in [0.2, 0.25) is 0 Å². The summed E-state index contributed by atoms with van der Waals surface area (Å²) in [5.41, 5.74) is 1.79. The van der Waals surface area contributed by atoms with E-state index in [1.165, 1.54) is 0 Å². The summed E-state index contributed by atoms with van der Waals surface area (Å²) in [5, 5.41) is 6.80. The van der Waals surface area contributed by atoms with Crippen LogP contribution in [0.4, 0.5) is 0 Å². The van der Waals surface area contributed by atoms with Crippen LogP contribution in [0.15, 0.2) is 34.9 Å². The lowest BCUT2D eigenvalue weighted by Crippen LogP contribution is -2.36. The van der Waals surface area contributed by atoms with E-state index in [2.05, 4.69) is 10.5 Å². The SMILES string of the molecule is COc1cccc(CN2CCC(NC(=O)Cc3cc(C)no3)CCC2=O)c1. The molecule has 0 radical (unpaired) electrons. The molecule has 27 heavy (non-hydrogen) atoms. The molecule has 1 aromatic carbocycles. The number of amides is 2. The maximum absolute atomic E-state index is 12.5. The first-order valence-corrected chi connectivity index (χ1v) is 9.16. The van der Waals surface area contributed by atoms with E-state index in [0.29, 0.717) is 31.7 Å². The van der Waals surface area contributed by atoms with Gasteiger partial charge in [-0.2, -0.15) is 0 Å². The van der Waals surface area contributed by atoms with Crippen LogP contribution in [0.3, 0.4) is 0 Å². The minimum absolute atomic E-state index is 0.0132. The van der Waals surface area contributed by atoms with Gasteiger partial charge in [0.05, 0.1) is 19.2 Å². The molecule has 1 atom stereocenters. The van der Waals surface area contributed by atoms with Gasteiger partial charge in [-0.1, -0.05) is 17.3 Å². The number of hydrogen-bond acceptors (Lipinski definition) is 5. The molecule has 0 aliphatic carbocycles. The molecule has 0 saturated carbocycles. The van der Waals surface area contributed by atoms with E-state index < -0.39 is 0 Å². The third kappa shape index (κ3) is 5.32. The fourth-order valence-corrected chi connectivity index (χ4v) is 3.28. The first-order valence-electron chi connectivity index (χ1n) is 9.16. The van der Waals surface area contributed by atoms with Gasteiger partial charge in [-0.3, -0.25) is 9.59 Å². The van der Waals surface area contributed by atoms with Gasteiger partial charge in [0.15, 0.2) is 0 Å². The number of likely N-dealkylation sites (tertiary alicyclic amines) is 1. The first kappa shape index (κ1) is 18.9. The molecule has 144 valence electrons. The van der Waals surface area contributed by atoms with Gasteiger partial charge < -0.3 is 19.5 Å². The topological polar surface area (TPSA) is 84.7 Å². The summed E-state index contributed by atoms with van der Waals surface area (Å²) in [6, 6.07) is 9.48. The first-order chi connectivity index (χ1) is 13.0. The van der Waals surface area contributed by atoms with Crippen molar-refractivity contribution in [3.8, 4) is 5.75 Å². The minimum Gasteiger partial charge on any atom is -0.497 e. The fraction of sp³-hybridized carbons (Fsp3) is 0.450. The van der Waals surface area contributed by atoms with Crippen LogP contribution in [-0.4, -0.2) is 41.6 Å². The van der Waals surface area contributed by atoms with Crippen LogP contribution in [0.5, 0.6) is 5.75 Å². The molecule has 3 rings (SSSR count). The van der Waals surface area contributed by atoms with Crippen molar-refractivity contribution in [1.82, 2.24) is 15.4 Å². The van der Waals surface area contributed by atoms with Crippen LogP contribution in [0.25, 0.3) is 0 Å². The van der Waals surface area contributed by atoms with Crippen molar-refractivity contribution in [3.05, 3.63) is 47.3 Å². The van der Waals surface area contributed by atoms with E-state index in [1.54, 1.807) is 13.2 Å². The number of aryl methyl sites for hydroxylation is 1. The van der Waals surface area contributed by atoms with Gasteiger partial charge in [0.1, 0.15) is 11.5 Å². The number of aromatic nitrogens is 1.